The van der Waals surface area contributed by atoms with Crippen molar-refractivity contribution in [1.29, 1.82) is 0 Å². The smallest absolute Gasteiger partial charge is 0.318 e. The Labute approximate surface area is 146 Å². The van der Waals surface area contributed by atoms with Gasteiger partial charge in [-0.15, -0.1) is 0 Å². The molecule has 2 rings (SSSR count). The standard InChI is InChI=1S/C17H22N4O4/c1-11-6-7-13(12(2)9-11)16(24)19-18-14(22)5-4-8-21-15(23)10-20(3)17(21)25/h6-7,9H,4-5,8,10H2,1-3H3,(H,18,22)(H,19,24). The van der Waals surface area contributed by atoms with Gasteiger partial charge in [0.05, 0.1) is 0 Å². The first kappa shape index (κ1) is 18.4. The summed E-state index contributed by atoms with van der Waals surface area (Å²) in [7, 11) is 1.55. The summed E-state index contributed by atoms with van der Waals surface area (Å²) in [6.07, 6.45) is 0.421. The van der Waals surface area contributed by atoms with Crippen LogP contribution in [0.3, 0.4) is 0 Å². The van der Waals surface area contributed by atoms with Crippen molar-refractivity contribution in [2.45, 2.75) is 26.7 Å². The van der Waals surface area contributed by atoms with Crippen molar-refractivity contribution in [2.24, 2.45) is 0 Å². The molecule has 0 saturated carbocycles. The highest BCUT2D eigenvalue weighted by Crippen LogP contribution is 2.10. The van der Waals surface area contributed by atoms with Crippen molar-refractivity contribution in [1.82, 2.24) is 20.7 Å². The first-order valence-corrected chi connectivity index (χ1v) is 8.01. The van der Waals surface area contributed by atoms with E-state index < -0.39 is 5.91 Å². The van der Waals surface area contributed by atoms with Gasteiger partial charge in [0.2, 0.25) is 11.8 Å². The maximum absolute atomic E-state index is 12.1. The maximum atomic E-state index is 12.1. The number of hydrazine groups is 1. The lowest BCUT2D eigenvalue weighted by Gasteiger charge is -2.14. The van der Waals surface area contributed by atoms with E-state index in [0.717, 1.165) is 16.0 Å². The molecule has 0 unspecified atom stereocenters. The second-order valence-electron chi connectivity index (χ2n) is 6.11. The van der Waals surface area contributed by atoms with Crippen LogP contribution in [0, 0.1) is 13.8 Å². The molecule has 0 spiro atoms. The second-order valence-corrected chi connectivity index (χ2v) is 6.11. The summed E-state index contributed by atoms with van der Waals surface area (Å²) in [5.41, 5.74) is 7.07. The highest BCUT2D eigenvalue weighted by molar-refractivity contribution is 6.01. The number of urea groups is 1. The highest BCUT2D eigenvalue weighted by atomic mass is 16.2. The van der Waals surface area contributed by atoms with Crippen molar-refractivity contribution in [3.8, 4) is 0 Å². The number of carbonyl (C=O) groups excluding carboxylic acids is 4. The van der Waals surface area contributed by atoms with Crippen LogP contribution in [-0.2, 0) is 9.59 Å². The molecular formula is C17H22N4O4. The molecule has 1 heterocycles. The average molecular weight is 346 g/mol. The molecule has 0 bridgehead atoms. The number of likely N-dealkylation sites (N-methyl/N-ethyl adjacent to an activating group) is 1. The van der Waals surface area contributed by atoms with Gasteiger partial charge < -0.3 is 4.90 Å². The Hall–Kier alpha value is -2.90. The summed E-state index contributed by atoms with van der Waals surface area (Å²) in [6, 6.07) is 5.06. The van der Waals surface area contributed by atoms with E-state index in [-0.39, 0.29) is 37.4 Å². The summed E-state index contributed by atoms with van der Waals surface area (Å²) >= 11 is 0. The molecule has 1 aliphatic heterocycles. The number of nitrogens with zero attached hydrogens (tertiary/aromatic N) is 2. The van der Waals surface area contributed by atoms with E-state index >= 15 is 0 Å². The fourth-order valence-electron chi connectivity index (χ4n) is 2.61. The number of rotatable bonds is 5. The number of nitrogens with one attached hydrogen (secondary N) is 2. The molecule has 1 fully saturated rings. The van der Waals surface area contributed by atoms with Gasteiger partial charge in [-0.2, -0.15) is 0 Å². The Bertz CT molecular complexity index is 717. The number of hydrogen-bond donors (Lipinski definition) is 2. The molecular weight excluding hydrogens is 324 g/mol. The number of imide groups is 1. The van der Waals surface area contributed by atoms with E-state index in [1.807, 2.05) is 26.0 Å². The van der Waals surface area contributed by atoms with Gasteiger partial charge in [0.15, 0.2) is 0 Å². The topological polar surface area (TPSA) is 98.8 Å². The second kappa shape index (κ2) is 7.78. The lowest BCUT2D eigenvalue weighted by atomic mass is 10.1. The Morgan fingerprint density at radius 3 is 2.48 bits per heavy atom. The predicted octanol–water partition coefficient (Wildman–Crippen LogP) is 0.739. The first-order chi connectivity index (χ1) is 11.8. The minimum absolute atomic E-state index is 0.0665. The first-order valence-electron chi connectivity index (χ1n) is 8.01. The molecule has 1 saturated heterocycles. The summed E-state index contributed by atoms with van der Waals surface area (Å²) in [4.78, 5) is 49.6. The molecule has 25 heavy (non-hydrogen) atoms. The fraction of sp³-hybridized carbons (Fsp3) is 0.412. The molecule has 1 aromatic carbocycles. The Balaban J connectivity index is 1.74. The molecule has 5 amide bonds. The van der Waals surface area contributed by atoms with Crippen LogP contribution in [0.2, 0.25) is 0 Å². The molecule has 0 atom stereocenters. The monoisotopic (exact) mass is 346 g/mol. The fourth-order valence-corrected chi connectivity index (χ4v) is 2.61. The molecule has 0 radical (unpaired) electrons. The predicted molar refractivity (Wildman–Crippen MR) is 90.5 cm³/mol. The van der Waals surface area contributed by atoms with Crippen LogP contribution in [0.4, 0.5) is 4.79 Å². The zero-order chi connectivity index (χ0) is 18.6. The number of amides is 5. The van der Waals surface area contributed by atoms with Crippen LogP contribution in [-0.4, -0.2) is 53.7 Å². The molecule has 2 N–H and O–H groups in total. The molecule has 0 aliphatic carbocycles. The Kier molecular flexibility index (Phi) is 5.74. The number of carbonyl (C=O) groups is 4. The SMILES string of the molecule is Cc1ccc(C(=O)NNC(=O)CCCN2C(=O)CN(C)C2=O)c(C)c1. The summed E-state index contributed by atoms with van der Waals surface area (Å²) in [5, 5.41) is 0. The lowest BCUT2D eigenvalue weighted by molar-refractivity contribution is -0.126. The molecule has 1 aliphatic rings. The Morgan fingerprint density at radius 2 is 1.88 bits per heavy atom. The van der Waals surface area contributed by atoms with Crippen LogP contribution in [0.25, 0.3) is 0 Å². The summed E-state index contributed by atoms with van der Waals surface area (Å²) in [5.74, 6) is -1.04. The number of aryl methyl sites for hydroxylation is 2. The molecule has 134 valence electrons. The van der Waals surface area contributed by atoms with Gasteiger partial charge in [-0.3, -0.25) is 30.1 Å². The Morgan fingerprint density at radius 1 is 1.16 bits per heavy atom. The highest BCUT2D eigenvalue weighted by Gasteiger charge is 2.32. The van der Waals surface area contributed by atoms with E-state index in [1.165, 1.54) is 4.90 Å². The van der Waals surface area contributed by atoms with E-state index in [9.17, 15) is 19.2 Å². The van der Waals surface area contributed by atoms with Crippen LogP contribution in [0.1, 0.15) is 34.3 Å². The minimum Gasteiger partial charge on any atom is -0.318 e. The normalized spacial score (nSPS) is 14.0. The van der Waals surface area contributed by atoms with Gasteiger partial charge in [-0.1, -0.05) is 17.7 Å². The zero-order valence-corrected chi connectivity index (χ0v) is 14.6. The van der Waals surface area contributed by atoms with Gasteiger partial charge in [0.25, 0.3) is 5.91 Å². The van der Waals surface area contributed by atoms with E-state index in [1.54, 1.807) is 13.1 Å². The van der Waals surface area contributed by atoms with E-state index in [4.69, 9.17) is 0 Å². The van der Waals surface area contributed by atoms with Crippen molar-refractivity contribution in [3.63, 3.8) is 0 Å². The number of hydrogen-bond acceptors (Lipinski definition) is 4. The van der Waals surface area contributed by atoms with E-state index in [0.29, 0.717) is 12.0 Å². The zero-order valence-electron chi connectivity index (χ0n) is 14.6. The minimum atomic E-state index is -0.391. The van der Waals surface area contributed by atoms with Crippen molar-refractivity contribution < 1.29 is 19.2 Å². The van der Waals surface area contributed by atoms with Gasteiger partial charge in [-0.25, -0.2) is 4.79 Å². The lowest BCUT2D eigenvalue weighted by Crippen LogP contribution is -2.42. The molecule has 0 aromatic heterocycles. The van der Waals surface area contributed by atoms with Crippen LogP contribution >= 0.6 is 0 Å². The third kappa shape index (κ3) is 4.56. The van der Waals surface area contributed by atoms with Crippen molar-refractivity contribution in [2.75, 3.05) is 20.1 Å². The van der Waals surface area contributed by atoms with Crippen molar-refractivity contribution >= 4 is 23.8 Å². The number of benzene rings is 1. The molecule has 1 aromatic rings. The van der Waals surface area contributed by atoms with Gasteiger partial charge >= 0.3 is 6.03 Å². The molecule has 8 nitrogen and oxygen atoms in total. The summed E-state index contributed by atoms with van der Waals surface area (Å²) < 4.78 is 0. The van der Waals surface area contributed by atoms with Crippen molar-refractivity contribution in [3.05, 3.63) is 34.9 Å². The summed E-state index contributed by atoms with van der Waals surface area (Å²) in [6.45, 7) is 4.01. The van der Waals surface area contributed by atoms with Crippen LogP contribution in [0.15, 0.2) is 18.2 Å². The van der Waals surface area contributed by atoms with E-state index in [2.05, 4.69) is 10.9 Å². The largest absolute Gasteiger partial charge is 0.326 e. The van der Waals surface area contributed by atoms with Gasteiger partial charge in [0, 0.05) is 25.6 Å². The van der Waals surface area contributed by atoms with Crippen LogP contribution in [0.5, 0.6) is 0 Å². The quantitative estimate of drug-likeness (QED) is 0.607. The van der Waals surface area contributed by atoms with Crippen LogP contribution < -0.4 is 10.9 Å². The molecule has 8 heteroatoms. The third-order valence-corrected chi connectivity index (χ3v) is 3.96. The van der Waals surface area contributed by atoms with Gasteiger partial charge in [-0.05, 0) is 31.9 Å². The maximum Gasteiger partial charge on any atom is 0.326 e. The average Bonchev–Trinajstić information content (AvgIpc) is 2.78. The third-order valence-electron chi connectivity index (χ3n) is 3.96. The van der Waals surface area contributed by atoms with Gasteiger partial charge in [0.1, 0.15) is 6.54 Å².